The molecule has 0 unspecified atom stereocenters. The normalized spacial score (nSPS) is 10.1. The minimum atomic E-state index is -1.08. The molecule has 0 heterocycles. The highest BCUT2D eigenvalue weighted by Gasteiger charge is 2.14. The monoisotopic (exact) mass is 333 g/mol. The average molecular weight is 334 g/mol. The lowest BCUT2D eigenvalue weighted by Gasteiger charge is -2.10. The van der Waals surface area contributed by atoms with Crippen molar-refractivity contribution in [3.8, 4) is 0 Å². The fraction of sp³-hybridized carbons (Fsp3) is 0.0667. The largest absolute Gasteiger partial charge is 0.478 e. The molecule has 0 bridgehead atoms. The van der Waals surface area contributed by atoms with Crippen molar-refractivity contribution in [2.45, 2.75) is 6.92 Å². The van der Waals surface area contributed by atoms with Gasteiger partial charge in [-0.15, -0.1) is 0 Å². The van der Waals surface area contributed by atoms with Gasteiger partial charge in [0.05, 0.1) is 11.3 Å². The number of hydrogen-bond donors (Lipinski definition) is 2. The molecule has 4 nitrogen and oxygen atoms in total. The van der Waals surface area contributed by atoms with E-state index in [-0.39, 0.29) is 17.2 Å². The van der Waals surface area contributed by atoms with Gasteiger partial charge in [-0.3, -0.25) is 4.79 Å². The first-order valence-corrected chi connectivity index (χ1v) is 6.68. The van der Waals surface area contributed by atoms with Crippen molar-refractivity contribution in [1.29, 1.82) is 0 Å². The summed E-state index contributed by atoms with van der Waals surface area (Å²) in [6.45, 7) is 1.82. The number of carboxylic acid groups (broad SMARTS) is 1. The number of rotatable bonds is 3. The summed E-state index contributed by atoms with van der Waals surface area (Å²) < 4.78 is 0.791. The van der Waals surface area contributed by atoms with Crippen LogP contribution in [0.1, 0.15) is 26.3 Å². The first-order valence-electron chi connectivity index (χ1n) is 5.89. The Balaban J connectivity index is 2.33. The van der Waals surface area contributed by atoms with Crippen molar-refractivity contribution >= 4 is 33.5 Å². The molecule has 2 rings (SSSR count). The highest BCUT2D eigenvalue weighted by Crippen LogP contribution is 2.20. The molecule has 2 aromatic carbocycles. The van der Waals surface area contributed by atoms with Gasteiger partial charge in [-0.2, -0.15) is 0 Å². The number of halogens is 1. The van der Waals surface area contributed by atoms with Crippen molar-refractivity contribution in [2.75, 3.05) is 5.32 Å². The summed E-state index contributed by atoms with van der Waals surface area (Å²) >= 11 is 3.31. The number of para-hydroxylation sites is 1. The molecule has 2 N–H and O–H groups in total. The Morgan fingerprint density at radius 3 is 2.50 bits per heavy atom. The van der Waals surface area contributed by atoms with Gasteiger partial charge in [0.1, 0.15) is 0 Å². The van der Waals surface area contributed by atoms with E-state index in [0.717, 1.165) is 10.0 Å². The maximum absolute atomic E-state index is 12.2. The van der Waals surface area contributed by atoms with Gasteiger partial charge < -0.3 is 10.4 Å². The van der Waals surface area contributed by atoms with E-state index in [1.165, 1.54) is 6.07 Å². The van der Waals surface area contributed by atoms with E-state index in [2.05, 4.69) is 21.2 Å². The average Bonchev–Trinajstić information content (AvgIpc) is 2.41. The molecule has 0 saturated heterocycles. The SMILES string of the molecule is Cc1ccc(Br)cc1C(=O)Nc1ccccc1C(=O)O. The summed E-state index contributed by atoms with van der Waals surface area (Å²) in [7, 11) is 0. The molecule has 0 aliphatic heterocycles. The molecule has 0 saturated carbocycles. The van der Waals surface area contributed by atoms with E-state index in [9.17, 15) is 9.59 Å². The molecule has 0 atom stereocenters. The van der Waals surface area contributed by atoms with Gasteiger partial charge in [-0.25, -0.2) is 4.79 Å². The van der Waals surface area contributed by atoms with Crippen LogP contribution in [0.15, 0.2) is 46.9 Å². The number of nitrogens with one attached hydrogen (secondary N) is 1. The van der Waals surface area contributed by atoms with Crippen LogP contribution < -0.4 is 5.32 Å². The standard InChI is InChI=1S/C15H12BrNO3/c1-9-6-7-10(16)8-12(9)14(18)17-13-5-3-2-4-11(13)15(19)20/h2-8H,1H3,(H,17,18)(H,19,20). The second-order valence-corrected chi connectivity index (χ2v) is 5.18. The second-order valence-electron chi connectivity index (χ2n) is 4.26. The first-order chi connectivity index (χ1) is 9.49. The van der Waals surface area contributed by atoms with Crippen LogP contribution in [-0.2, 0) is 0 Å². The third kappa shape index (κ3) is 3.05. The zero-order valence-corrected chi connectivity index (χ0v) is 12.3. The van der Waals surface area contributed by atoms with E-state index in [1.807, 2.05) is 19.1 Å². The fourth-order valence-electron chi connectivity index (χ4n) is 1.81. The molecule has 0 spiro atoms. The minimum Gasteiger partial charge on any atom is -0.478 e. The lowest BCUT2D eigenvalue weighted by molar-refractivity contribution is 0.0698. The topological polar surface area (TPSA) is 66.4 Å². The summed E-state index contributed by atoms with van der Waals surface area (Å²) in [4.78, 5) is 23.3. The van der Waals surface area contributed by atoms with E-state index < -0.39 is 5.97 Å². The van der Waals surface area contributed by atoms with Gasteiger partial charge >= 0.3 is 5.97 Å². The Morgan fingerprint density at radius 2 is 1.80 bits per heavy atom. The highest BCUT2D eigenvalue weighted by molar-refractivity contribution is 9.10. The van der Waals surface area contributed by atoms with E-state index in [4.69, 9.17) is 5.11 Å². The summed E-state index contributed by atoms with van der Waals surface area (Å²) in [5.74, 6) is -1.41. The van der Waals surface area contributed by atoms with Crippen molar-refractivity contribution in [1.82, 2.24) is 0 Å². The Labute approximate surface area is 124 Å². The van der Waals surface area contributed by atoms with Gasteiger partial charge in [0, 0.05) is 10.0 Å². The van der Waals surface area contributed by atoms with Crippen LogP contribution in [-0.4, -0.2) is 17.0 Å². The van der Waals surface area contributed by atoms with Gasteiger partial charge in [-0.1, -0.05) is 34.1 Å². The van der Waals surface area contributed by atoms with E-state index >= 15 is 0 Å². The van der Waals surface area contributed by atoms with Gasteiger partial charge in [-0.05, 0) is 36.8 Å². The zero-order valence-electron chi connectivity index (χ0n) is 10.7. The second kappa shape index (κ2) is 5.88. The lowest BCUT2D eigenvalue weighted by Crippen LogP contribution is -2.15. The molecule has 2 aromatic rings. The van der Waals surface area contributed by atoms with Gasteiger partial charge in [0.2, 0.25) is 0 Å². The van der Waals surface area contributed by atoms with E-state index in [1.54, 1.807) is 24.3 Å². The predicted molar refractivity (Wildman–Crippen MR) is 80.2 cm³/mol. The summed E-state index contributed by atoms with van der Waals surface area (Å²) in [5.41, 5.74) is 1.66. The molecule has 0 aliphatic rings. The molecule has 102 valence electrons. The number of hydrogen-bond acceptors (Lipinski definition) is 2. The predicted octanol–water partition coefficient (Wildman–Crippen LogP) is 3.71. The van der Waals surface area contributed by atoms with Gasteiger partial charge in [0.25, 0.3) is 5.91 Å². The zero-order chi connectivity index (χ0) is 14.7. The molecule has 0 radical (unpaired) electrons. The van der Waals surface area contributed by atoms with Crippen molar-refractivity contribution < 1.29 is 14.7 Å². The maximum atomic E-state index is 12.2. The third-order valence-electron chi connectivity index (χ3n) is 2.85. The van der Waals surface area contributed by atoms with Crippen LogP contribution in [0.25, 0.3) is 0 Å². The van der Waals surface area contributed by atoms with Crippen molar-refractivity contribution in [2.24, 2.45) is 0 Å². The van der Waals surface area contributed by atoms with Crippen LogP contribution in [0.3, 0.4) is 0 Å². The van der Waals surface area contributed by atoms with Gasteiger partial charge in [0.15, 0.2) is 0 Å². The Bertz CT molecular complexity index is 683. The summed E-state index contributed by atoms with van der Waals surface area (Å²) in [6, 6.07) is 11.7. The number of benzene rings is 2. The third-order valence-corrected chi connectivity index (χ3v) is 3.34. The summed E-state index contributed by atoms with van der Waals surface area (Å²) in [5, 5.41) is 11.7. The molecule has 0 fully saturated rings. The van der Waals surface area contributed by atoms with Crippen LogP contribution >= 0.6 is 15.9 Å². The molecular weight excluding hydrogens is 322 g/mol. The molecular formula is C15H12BrNO3. The van der Waals surface area contributed by atoms with Crippen LogP contribution in [0.2, 0.25) is 0 Å². The Hall–Kier alpha value is -2.14. The Kier molecular flexibility index (Phi) is 4.20. The van der Waals surface area contributed by atoms with Crippen molar-refractivity contribution in [3.05, 3.63) is 63.6 Å². The first kappa shape index (κ1) is 14.3. The van der Waals surface area contributed by atoms with Crippen LogP contribution in [0, 0.1) is 6.92 Å². The number of anilines is 1. The number of carbonyl (C=O) groups excluding carboxylic acids is 1. The molecule has 20 heavy (non-hydrogen) atoms. The van der Waals surface area contributed by atoms with Crippen molar-refractivity contribution in [3.63, 3.8) is 0 Å². The number of amides is 1. The fourth-order valence-corrected chi connectivity index (χ4v) is 2.17. The quantitative estimate of drug-likeness (QED) is 0.899. The lowest BCUT2D eigenvalue weighted by atomic mass is 10.1. The Morgan fingerprint density at radius 1 is 1.10 bits per heavy atom. The summed E-state index contributed by atoms with van der Waals surface area (Å²) in [6.07, 6.45) is 0. The number of carboxylic acids is 1. The number of aromatic carboxylic acids is 1. The number of carbonyl (C=O) groups is 2. The maximum Gasteiger partial charge on any atom is 0.337 e. The minimum absolute atomic E-state index is 0.0634. The van der Waals surface area contributed by atoms with Crippen LogP contribution in [0.5, 0.6) is 0 Å². The smallest absolute Gasteiger partial charge is 0.337 e. The van der Waals surface area contributed by atoms with Crippen LogP contribution in [0.4, 0.5) is 5.69 Å². The highest BCUT2D eigenvalue weighted by atomic mass is 79.9. The molecule has 0 aromatic heterocycles. The number of aryl methyl sites for hydroxylation is 1. The van der Waals surface area contributed by atoms with E-state index in [0.29, 0.717) is 5.56 Å². The molecule has 0 aliphatic carbocycles. The molecule has 5 heteroatoms. The molecule has 1 amide bonds.